The molecule has 1 atom stereocenters. The number of carbonyl (C=O) groups excluding carboxylic acids is 1. The lowest BCUT2D eigenvalue weighted by atomic mass is 10.1. The molecule has 0 radical (unpaired) electrons. The molecule has 2 fully saturated rings. The number of hydrogen-bond donors (Lipinski definition) is 2. The van der Waals surface area contributed by atoms with E-state index in [0.717, 1.165) is 12.8 Å². The van der Waals surface area contributed by atoms with Crippen molar-refractivity contribution < 1.29 is 14.7 Å². The molecule has 0 spiro atoms. The first-order valence-electron chi connectivity index (χ1n) is 5.90. The summed E-state index contributed by atoms with van der Waals surface area (Å²) in [5.74, 6) is -0.886. The van der Waals surface area contributed by atoms with Crippen molar-refractivity contribution in [1.82, 2.24) is 10.2 Å². The van der Waals surface area contributed by atoms with E-state index < -0.39 is 5.97 Å². The van der Waals surface area contributed by atoms with Crippen LogP contribution in [0, 0.1) is 0 Å². The van der Waals surface area contributed by atoms with E-state index in [-0.39, 0.29) is 18.4 Å². The van der Waals surface area contributed by atoms with Crippen LogP contribution in [0.3, 0.4) is 0 Å². The number of nitrogens with zero attached hydrogens (tertiary/aromatic N) is 1. The van der Waals surface area contributed by atoms with Crippen molar-refractivity contribution in [1.29, 1.82) is 0 Å². The number of amides is 1. The maximum absolute atomic E-state index is 11.5. The number of carboxylic acid groups (broad SMARTS) is 1. The minimum atomic E-state index is -0.849. The van der Waals surface area contributed by atoms with Gasteiger partial charge in [-0.1, -0.05) is 12.8 Å². The highest BCUT2D eigenvalue weighted by Crippen LogP contribution is 2.24. The summed E-state index contributed by atoms with van der Waals surface area (Å²) < 4.78 is 0. The Bertz CT molecular complexity index is 285. The summed E-state index contributed by atoms with van der Waals surface area (Å²) in [5.41, 5.74) is 0. The molecule has 0 aromatic rings. The molecule has 2 aliphatic rings. The first kappa shape index (κ1) is 11.4. The van der Waals surface area contributed by atoms with E-state index in [1.54, 1.807) is 0 Å². The van der Waals surface area contributed by atoms with Crippen molar-refractivity contribution in [2.24, 2.45) is 0 Å². The molecule has 1 aliphatic carbocycles. The van der Waals surface area contributed by atoms with Crippen LogP contribution in [0.5, 0.6) is 0 Å². The molecule has 5 heteroatoms. The normalized spacial score (nSPS) is 28.0. The van der Waals surface area contributed by atoms with E-state index in [4.69, 9.17) is 5.11 Å². The Kier molecular flexibility index (Phi) is 3.43. The lowest BCUT2D eigenvalue weighted by Crippen LogP contribution is -2.56. The third-order valence-electron chi connectivity index (χ3n) is 3.43. The standard InChI is InChI=1S/C11H18N2O3/c14-10-7-13(9-3-1-2-4-9)6-8(12-10)5-11(15)16/h8-9H,1-7H2,(H,12,14)(H,15,16). The maximum atomic E-state index is 11.5. The lowest BCUT2D eigenvalue weighted by molar-refractivity contribution is -0.138. The van der Waals surface area contributed by atoms with Gasteiger partial charge in [0.2, 0.25) is 5.91 Å². The number of hydrogen-bond acceptors (Lipinski definition) is 3. The fraction of sp³-hybridized carbons (Fsp3) is 0.818. The van der Waals surface area contributed by atoms with Crippen LogP contribution in [0.4, 0.5) is 0 Å². The number of carboxylic acids is 1. The van der Waals surface area contributed by atoms with Gasteiger partial charge in [-0.15, -0.1) is 0 Å². The predicted octanol–water partition coefficient (Wildman–Crippen LogP) is 0.204. The van der Waals surface area contributed by atoms with Gasteiger partial charge in [-0.25, -0.2) is 0 Å². The largest absolute Gasteiger partial charge is 0.481 e. The quantitative estimate of drug-likeness (QED) is 0.721. The highest BCUT2D eigenvalue weighted by molar-refractivity contribution is 5.80. The number of aliphatic carboxylic acids is 1. The van der Waals surface area contributed by atoms with E-state index in [0.29, 0.717) is 19.1 Å². The molecule has 16 heavy (non-hydrogen) atoms. The first-order chi connectivity index (χ1) is 7.65. The summed E-state index contributed by atoms with van der Waals surface area (Å²) in [4.78, 5) is 24.3. The Morgan fingerprint density at radius 1 is 1.44 bits per heavy atom. The zero-order chi connectivity index (χ0) is 11.5. The van der Waals surface area contributed by atoms with Crippen LogP contribution < -0.4 is 5.32 Å². The zero-order valence-electron chi connectivity index (χ0n) is 9.32. The van der Waals surface area contributed by atoms with Crippen molar-refractivity contribution in [3.8, 4) is 0 Å². The van der Waals surface area contributed by atoms with Gasteiger partial charge in [-0.3, -0.25) is 14.5 Å². The molecular weight excluding hydrogens is 208 g/mol. The second kappa shape index (κ2) is 4.82. The summed E-state index contributed by atoms with van der Waals surface area (Å²) in [7, 11) is 0. The third kappa shape index (κ3) is 2.72. The summed E-state index contributed by atoms with van der Waals surface area (Å²) in [5, 5.41) is 11.5. The Balaban J connectivity index is 1.93. The number of carbonyl (C=O) groups is 2. The van der Waals surface area contributed by atoms with E-state index in [1.807, 2.05) is 0 Å². The van der Waals surface area contributed by atoms with E-state index in [9.17, 15) is 9.59 Å². The van der Waals surface area contributed by atoms with E-state index in [2.05, 4.69) is 10.2 Å². The predicted molar refractivity (Wildman–Crippen MR) is 58.0 cm³/mol. The Morgan fingerprint density at radius 2 is 2.12 bits per heavy atom. The number of nitrogens with one attached hydrogen (secondary N) is 1. The molecule has 0 aromatic heterocycles. The summed E-state index contributed by atoms with van der Waals surface area (Å²) in [6, 6.07) is 0.265. The number of piperazine rings is 1. The molecule has 0 aromatic carbocycles. The molecule has 1 unspecified atom stereocenters. The summed E-state index contributed by atoms with van der Waals surface area (Å²) in [6.07, 6.45) is 4.77. The zero-order valence-corrected chi connectivity index (χ0v) is 9.32. The SMILES string of the molecule is O=C(O)CC1CN(C2CCCC2)CC(=O)N1. The fourth-order valence-corrected chi connectivity index (χ4v) is 2.72. The van der Waals surface area contributed by atoms with Crippen LogP contribution in [-0.4, -0.2) is 47.1 Å². The molecule has 1 aliphatic heterocycles. The Morgan fingerprint density at radius 3 is 2.75 bits per heavy atom. The van der Waals surface area contributed by atoms with Gasteiger partial charge in [0.25, 0.3) is 0 Å². The molecule has 2 rings (SSSR count). The second-order valence-corrected chi connectivity index (χ2v) is 4.73. The molecule has 0 bridgehead atoms. The molecule has 1 heterocycles. The van der Waals surface area contributed by atoms with Gasteiger partial charge in [-0.05, 0) is 12.8 Å². The van der Waals surface area contributed by atoms with Crippen molar-refractivity contribution in [2.75, 3.05) is 13.1 Å². The average Bonchev–Trinajstić information content (AvgIpc) is 2.67. The van der Waals surface area contributed by atoms with Gasteiger partial charge in [0, 0.05) is 12.6 Å². The number of rotatable bonds is 3. The van der Waals surface area contributed by atoms with Crippen molar-refractivity contribution in [3.63, 3.8) is 0 Å². The fourth-order valence-electron chi connectivity index (χ4n) is 2.72. The second-order valence-electron chi connectivity index (χ2n) is 4.73. The smallest absolute Gasteiger partial charge is 0.305 e. The lowest BCUT2D eigenvalue weighted by Gasteiger charge is -2.36. The highest BCUT2D eigenvalue weighted by Gasteiger charge is 2.31. The van der Waals surface area contributed by atoms with E-state index in [1.165, 1.54) is 12.8 Å². The molecule has 90 valence electrons. The topological polar surface area (TPSA) is 69.6 Å². The molecule has 2 N–H and O–H groups in total. The third-order valence-corrected chi connectivity index (χ3v) is 3.43. The van der Waals surface area contributed by atoms with Crippen molar-refractivity contribution in [2.45, 2.75) is 44.2 Å². The van der Waals surface area contributed by atoms with Gasteiger partial charge in [0.05, 0.1) is 19.0 Å². The molecule has 1 amide bonds. The van der Waals surface area contributed by atoms with Gasteiger partial charge in [0.15, 0.2) is 0 Å². The van der Waals surface area contributed by atoms with Gasteiger partial charge in [0.1, 0.15) is 0 Å². The summed E-state index contributed by atoms with van der Waals surface area (Å²) >= 11 is 0. The van der Waals surface area contributed by atoms with Crippen molar-refractivity contribution in [3.05, 3.63) is 0 Å². The Hall–Kier alpha value is -1.10. The Labute approximate surface area is 94.8 Å². The maximum Gasteiger partial charge on any atom is 0.305 e. The molecule has 1 saturated carbocycles. The molecule has 1 saturated heterocycles. The van der Waals surface area contributed by atoms with Crippen LogP contribution >= 0.6 is 0 Å². The summed E-state index contributed by atoms with van der Waals surface area (Å²) in [6.45, 7) is 1.11. The van der Waals surface area contributed by atoms with Crippen LogP contribution in [-0.2, 0) is 9.59 Å². The van der Waals surface area contributed by atoms with Gasteiger partial charge < -0.3 is 10.4 Å². The van der Waals surface area contributed by atoms with Gasteiger partial charge in [-0.2, -0.15) is 0 Å². The van der Waals surface area contributed by atoms with Gasteiger partial charge >= 0.3 is 5.97 Å². The van der Waals surface area contributed by atoms with E-state index >= 15 is 0 Å². The first-order valence-corrected chi connectivity index (χ1v) is 5.90. The molecule has 5 nitrogen and oxygen atoms in total. The minimum absolute atomic E-state index is 0.0228. The van der Waals surface area contributed by atoms with Crippen molar-refractivity contribution >= 4 is 11.9 Å². The average molecular weight is 226 g/mol. The molecular formula is C11H18N2O3. The van der Waals surface area contributed by atoms with Crippen LogP contribution in [0.15, 0.2) is 0 Å². The van der Waals surface area contributed by atoms with Crippen LogP contribution in [0.2, 0.25) is 0 Å². The van der Waals surface area contributed by atoms with Crippen LogP contribution in [0.1, 0.15) is 32.1 Å². The highest BCUT2D eigenvalue weighted by atomic mass is 16.4. The van der Waals surface area contributed by atoms with Crippen LogP contribution in [0.25, 0.3) is 0 Å². The monoisotopic (exact) mass is 226 g/mol. The minimum Gasteiger partial charge on any atom is -0.481 e.